The van der Waals surface area contributed by atoms with Gasteiger partial charge in [0.15, 0.2) is 5.82 Å². The Labute approximate surface area is 135 Å². The van der Waals surface area contributed by atoms with Crippen molar-refractivity contribution < 1.29 is 4.52 Å². The number of benzene rings is 1. The van der Waals surface area contributed by atoms with Gasteiger partial charge in [0.05, 0.1) is 11.9 Å². The number of anilines is 1. The summed E-state index contributed by atoms with van der Waals surface area (Å²) in [5, 5.41) is 10.5. The Kier molecular flexibility index (Phi) is 4.02. The highest BCUT2D eigenvalue weighted by molar-refractivity contribution is 5.82. The molecule has 0 amide bonds. The van der Waals surface area contributed by atoms with Crippen LogP contribution in [0.1, 0.15) is 22.7 Å². The second-order valence-corrected chi connectivity index (χ2v) is 5.56. The van der Waals surface area contributed by atoms with E-state index in [1.54, 1.807) is 0 Å². The number of aryl methyl sites for hydroxylation is 2. The zero-order valence-electron chi connectivity index (χ0n) is 13.8. The Morgan fingerprint density at radius 1 is 1.13 bits per heavy atom. The van der Waals surface area contributed by atoms with Gasteiger partial charge in [0, 0.05) is 30.1 Å². The van der Waals surface area contributed by atoms with Crippen LogP contribution in [-0.4, -0.2) is 23.0 Å². The van der Waals surface area contributed by atoms with Gasteiger partial charge >= 0.3 is 0 Å². The van der Waals surface area contributed by atoms with Gasteiger partial charge in [0.1, 0.15) is 5.76 Å². The van der Waals surface area contributed by atoms with Crippen LogP contribution in [0.2, 0.25) is 0 Å². The molecule has 0 saturated carbocycles. The van der Waals surface area contributed by atoms with Gasteiger partial charge in [0.25, 0.3) is 0 Å². The maximum Gasteiger partial charge on any atom is 0.180 e. The molecule has 0 bridgehead atoms. The highest BCUT2D eigenvalue weighted by Gasteiger charge is 2.12. The molecule has 1 aromatic carbocycles. The van der Waals surface area contributed by atoms with Crippen LogP contribution in [0.4, 0.5) is 5.69 Å². The van der Waals surface area contributed by atoms with Crippen LogP contribution in [0.3, 0.4) is 0 Å². The number of aromatic nitrogens is 2. The van der Waals surface area contributed by atoms with Crippen LogP contribution in [0, 0.1) is 20.8 Å². The maximum absolute atomic E-state index is 5.18. The fraction of sp³-hybridized carbons (Fsp3) is 0.222. The summed E-state index contributed by atoms with van der Waals surface area (Å²) >= 11 is 0. The molecule has 0 radical (unpaired) electrons. The number of rotatable bonds is 4. The maximum atomic E-state index is 5.18. The van der Waals surface area contributed by atoms with E-state index in [1.165, 1.54) is 0 Å². The van der Waals surface area contributed by atoms with Gasteiger partial charge in [-0.2, -0.15) is 5.10 Å². The van der Waals surface area contributed by atoms with E-state index in [9.17, 15) is 0 Å². The van der Waals surface area contributed by atoms with Crippen LogP contribution in [0.5, 0.6) is 0 Å². The number of hydrogen-bond donors (Lipinski definition) is 0. The lowest BCUT2D eigenvalue weighted by Crippen LogP contribution is -2.08. The molecule has 0 aliphatic rings. The van der Waals surface area contributed by atoms with Gasteiger partial charge in [-0.3, -0.25) is 9.58 Å². The van der Waals surface area contributed by atoms with Crippen molar-refractivity contribution in [3.63, 3.8) is 0 Å². The molecule has 5 heteroatoms. The molecular weight excluding hydrogens is 288 g/mol. The van der Waals surface area contributed by atoms with Crippen LogP contribution >= 0.6 is 0 Å². The summed E-state index contributed by atoms with van der Waals surface area (Å²) in [6.07, 6.45) is 1.87. The Hall–Kier alpha value is -2.82. The number of nitrogens with zero attached hydrogens (tertiary/aromatic N) is 4. The Balaban J connectivity index is 1.88. The number of hydrogen-bond acceptors (Lipinski definition) is 4. The largest absolute Gasteiger partial charge is 0.360 e. The van der Waals surface area contributed by atoms with E-state index in [0.717, 1.165) is 34.2 Å². The summed E-state index contributed by atoms with van der Waals surface area (Å²) in [4.78, 5) is 0. The summed E-state index contributed by atoms with van der Waals surface area (Å²) in [6, 6.07) is 14.1. The van der Waals surface area contributed by atoms with E-state index in [0.29, 0.717) is 0 Å². The fourth-order valence-corrected chi connectivity index (χ4v) is 2.59. The van der Waals surface area contributed by atoms with Crippen molar-refractivity contribution >= 4 is 11.9 Å². The topological polar surface area (TPSA) is 46.6 Å². The third-order valence-electron chi connectivity index (χ3n) is 3.81. The van der Waals surface area contributed by atoms with Gasteiger partial charge in [-0.1, -0.05) is 23.4 Å². The standard InChI is InChI=1S/C18H20N4O/c1-13-10-16(12-19-21(4)17-8-6-5-7-9-17)15(3)22(13)18-11-14(2)23-20-18/h5-12H,1-4H3/b19-12-. The van der Waals surface area contributed by atoms with E-state index in [1.807, 2.05) is 61.6 Å². The van der Waals surface area contributed by atoms with Crippen LogP contribution in [-0.2, 0) is 0 Å². The number of para-hydroxylation sites is 1. The second-order valence-electron chi connectivity index (χ2n) is 5.56. The van der Waals surface area contributed by atoms with Gasteiger partial charge in [-0.05, 0) is 39.0 Å². The Bertz CT molecular complexity index is 830. The molecule has 0 atom stereocenters. The molecule has 0 aliphatic heterocycles. The van der Waals surface area contributed by atoms with Gasteiger partial charge < -0.3 is 4.52 Å². The lowest BCUT2D eigenvalue weighted by molar-refractivity contribution is 0.394. The number of hydrazone groups is 1. The fourth-order valence-electron chi connectivity index (χ4n) is 2.59. The molecule has 0 spiro atoms. The highest BCUT2D eigenvalue weighted by atomic mass is 16.5. The molecular formula is C18H20N4O. The van der Waals surface area contributed by atoms with Gasteiger partial charge in [-0.25, -0.2) is 0 Å². The Morgan fingerprint density at radius 3 is 2.52 bits per heavy atom. The molecule has 23 heavy (non-hydrogen) atoms. The first-order chi connectivity index (χ1) is 11.1. The van der Waals surface area contributed by atoms with Crippen molar-refractivity contribution in [3.05, 3.63) is 65.2 Å². The molecule has 3 aromatic rings. The second kappa shape index (κ2) is 6.12. The van der Waals surface area contributed by atoms with E-state index in [-0.39, 0.29) is 0 Å². The molecule has 0 aliphatic carbocycles. The van der Waals surface area contributed by atoms with Gasteiger partial charge in [0.2, 0.25) is 0 Å². The van der Waals surface area contributed by atoms with E-state index in [4.69, 9.17) is 4.52 Å². The molecule has 0 saturated heterocycles. The molecule has 0 unspecified atom stereocenters. The normalized spacial score (nSPS) is 11.3. The predicted octanol–water partition coefficient (Wildman–Crippen LogP) is 3.86. The van der Waals surface area contributed by atoms with Crippen molar-refractivity contribution in [2.75, 3.05) is 12.1 Å². The predicted molar refractivity (Wildman–Crippen MR) is 92.5 cm³/mol. The quantitative estimate of drug-likeness (QED) is 0.543. The van der Waals surface area contributed by atoms with E-state index < -0.39 is 0 Å². The first kappa shape index (κ1) is 15.1. The highest BCUT2D eigenvalue weighted by Crippen LogP contribution is 2.20. The third kappa shape index (κ3) is 3.04. The molecule has 2 aromatic heterocycles. The van der Waals surface area contributed by atoms with Crippen molar-refractivity contribution in [3.8, 4) is 5.82 Å². The van der Waals surface area contributed by atoms with E-state index >= 15 is 0 Å². The molecule has 0 fully saturated rings. The minimum atomic E-state index is 0.798. The van der Waals surface area contributed by atoms with Gasteiger partial charge in [-0.15, -0.1) is 0 Å². The lowest BCUT2D eigenvalue weighted by Gasteiger charge is -2.12. The van der Waals surface area contributed by atoms with Crippen molar-refractivity contribution in [2.45, 2.75) is 20.8 Å². The molecule has 0 N–H and O–H groups in total. The van der Waals surface area contributed by atoms with Crippen molar-refractivity contribution in [1.82, 2.24) is 9.72 Å². The molecule has 118 valence electrons. The third-order valence-corrected chi connectivity index (χ3v) is 3.81. The minimum Gasteiger partial charge on any atom is -0.360 e. The van der Waals surface area contributed by atoms with E-state index in [2.05, 4.69) is 34.7 Å². The smallest absolute Gasteiger partial charge is 0.180 e. The molecule has 2 heterocycles. The summed E-state index contributed by atoms with van der Waals surface area (Å²) in [7, 11) is 1.94. The monoisotopic (exact) mass is 308 g/mol. The summed E-state index contributed by atoms with van der Waals surface area (Å²) in [5.41, 5.74) is 4.29. The SMILES string of the molecule is Cc1cc(-n2c(C)cc(/C=N\N(C)c3ccccc3)c2C)no1. The first-order valence-electron chi connectivity index (χ1n) is 7.51. The minimum absolute atomic E-state index is 0.798. The van der Waals surface area contributed by atoms with Crippen LogP contribution in [0.15, 0.2) is 52.1 Å². The average Bonchev–Trinajstić information content (AvgIpc) is 3.09. The van der Waals surface area contributed by atoms with Crippen LogP contribution in [0.25, 0.3) is 5.82 Å². The zero-order chi connectivity index (χ0) is 16.4. The van der Waals surface area contributed by atoms with Crippen molar-refractivity contribution in [2.24, 2.45) is 5.10 Å². The summed E-state index contributed by atoms with van der Waals surface area (Å²) < 4.78 is 7.25. The average molecular weight is 308 g/mol. The van der Waals surface area contributed by atoms with Crippen LogP contribution < -0.4 is 5.01 Å². The summed E-state index contributed by atoms with van der Waals surface area (Å²) in [6.45, 7) is 6.00. The molecule has 3 rings (SSSR count). The Morgan fingerprint density at radius 2 is 1.87 bits per heavy atom. The van der Waals surface area contributed by atoms with Crippen molar-refractivity contribution in [1.29, 1.82) is 0 Å². The zero-order valence-corrected chi connectivity index (χ0v) is 13.8. The summed E-state index contributed by atoms with van der Waals surface area (Å²) in [5.74, 6) is 1.60. The molecule has 5 nitrogen and oxygen atoms in total. The first-order valence-corrected chi connectivity index (χ1v) is 7.51. The lowest BCUT2D eigenvalue weighted by atomic mass is 10.3.